The largest absolute Gasteiger partial charge is 0.508 e. The Morgan fingerprint density at radius 3 is 2.65 bits per heavy atom. The first-order valence-electron chi connectivity index (χ1n) is 6.17. The summed E-state index contributed by atoms with van der Waals surface area (Å²) >= 11 is 0. The maximum absolute atomic E-state index is 12.0. The summed E-state index contributed by atoms with van der Waals surface area (Å²) in [4.78, 5) is 16.2. The van der Waals surface area contributed by atoms with E-state index >= 15 is 0 Å². The van der Waals surface area contributed by atoms with Crippen LogP contribution in [0.2, 0.25) is 0 Å². The van der Waals surface area contributed by atoms with Gasteiger partial charge in [0.05, 0.1) is 11.4 Å². The van der Waals surface area contributed by atoms with Crippen molar-refractivity contribution in [3.63, 3.8) is 0 Å². The summed E-state index contributed by atoms with van der Waals surface area (Å²) in [6.45, 7) is 0. The average Bonchev–Trinajstić information content (AvgIpc) is 2.48. The fourth-order valence-electron chi connectivity index (χ4n) is 2.02. The van der Waals surface area contributed by atoms with E-state index in [2.05, 4.69) is 4.98 Å². The van der Waals surface area contributed by atoms with Crippen LogP contribution in [0.25, 0.3) is 16.9 Å². The van der Waals surface area contributed by atoms with E-state index in [-0.39, 0.29) is 11.3 Å². The van der Waals surface area contributed by atoms with Crippen molar-refractivity contribution in [2.75, 3.05) is 0 Å². The van der Waals surface area contributed by atoms with Gasteiger partial charge in [-0.25, -0.2) is 0 Å². The average molecular weight is 264 g/mol. The van der Waals surface area contributed by atoms with Crippen molar-refractivity contribution in [3.05, 3.63) is 77.3 Å². The molecule has 0 saturated heterocycles. The zero-order valence-electron chi connectivity index (χ0n) is 10.6. The molecule has 2 aromatic heterocycles. The predicted molar refractivity (Wildman–Crippen MR) is 76.9 cm³/mol. The number of aromatic nitrogens is 2. The smallest absolute Gasteiger partial charge is 0.255 e. The zero-order valence-corrected chi connectivity index (χ0v) is 10.6. The standard InChI is InChI=1S/C16H12N2O2/c19-14-5-3-4-13(10-14)18-11-12(7-8-16(18)20)15-6-1-2-9-17-15/h1-11,19H. The van der Waals surface area contributed by atoms with Crippen LogP contribution >= 0.6 is 0 Å². The molecule has 0 saturated carbocycles. The molecule has 0 unspecified atom stereocenters. The molecule has 0 amide bonds. The minimum atomic E-state index is -0.157. The molecule has 0 fully saturated rings. The van der Waals surface area contributed by atoms with Gasteiger partial charge in [-0.15, -0.1) is 0 Å². The van der Waals surface area contributed by atoms with Gasteiger partial charge in [0.2, 0.25) is 0 Å². The van der Waals surface area contributed by atoms with Gasteiger partial charge in [0.15, 0.2) is 0 Å². The summed E-state index contributed by atoms with van der Waals surface area (Å²) in [5, 5.41) is 9.52. The number of aromatic hydroxyl groups is 1. The molecule has 0 spiro atoms. The van der Waals surface area contributed by atoms with Crippen LogP contribution in [0.3, 0.4) is 0 Å². The Balaban J connectivity index is 2.15. The third kappa shape index (κ3) is 2.31. The van der Waals surface area contributed by atoms with Crippen LogP contribution in [0.4, 0.5) is 0 Å². The first-order chi connectivity index (χ1) is 9.74. The number of rotatable bonds is 2. The Labute approximate surface area is 115 Å². The molecule has 0 aliphatic heterocycles. The minimum absolute atomic E-state index is 0.123. The van der Waals surface area contributed by atoms with Crippen molar-refractivity contribution < 1.29 is 5.11 Å². The first kappa shape index (κ1) is 12.2. The maximum atomic E-state index is 12.0. The van der Waals surface area contributed by atoms with Crippen LogP contribution in [0.15, 0.2) is 71.8 Å². The van der Waals surface area contributed by atoms with Gasteiger partial charge in [-0.05, 0) is 30.3 Å². The number of phenolic OH excluding ortho intramolecular Hbond substituents is 1. The van der Waals surface area contributed by atoms with Crippen molar-refractivity contribution in [2.24, 2.45) is 0 Å². The van der Waals surface area contributed by atoms with Crippen LogP contribution in [0.5, 0.6) is 5.75 Å². The molecule has 98 valence electrons. The summed E-state index contributed by atoms with van der Waals surface area (Å²) < 4.78 is 1.49. The molecule has 0 radical (unpaired) electrons. The van der Waals surface area contributed by atoms with E-state index < -0.39 is 0 Å². The second-order valence-electron chi connectivity index (χ2n) is 4.36. The van der Waals surface area contributed by atoms with E-state index in [1.807, 2.05) is 18.2 Å². The third-order valence-electron chi connectivity index (χ3n) is 2.98. The van der Waals surface area contributed by atoms with Gasteiger partial charge in [0, 0.05) is 30.1 Å². The fraction of sp³-hybridized carbons (Fsp3) is 0. The SMILES string of the molecule is O=c1ccc(-c2ccccn2)cn1-c1cccc(O)c1. The lowest BCUT2D eigenvalue weighted by Gasteiger charge is -2.08. The van der Waals surface area contributed by atoms with E-state index in [1.165, 1.54) is 10.6 Å². The van der Waals surface area contributed by atoms with Crippen molar-refractivity contribution in [1.29, 1.82) is 0 Å². The first-order valence-corrected chi connectivity index (χ1v) is 6.17. The third-order valence-corrected chi connectivity index (χ3v) is 2.98. The fourth-order valence-corrected chi connectivity index (χ4v) is 2.02. The number of pyridine rings is 2. The summed E-state index contributed by atoms with van der Waals surface area (Å²) in [6, 6.07) is 15.4. The van der Waals surface area contributed by atoms with E-state index in [4.69, 9.17) is 0 Å². The Morgan fingerprint density at radius 1 is 1.00 bits per heavy atom. The van der Waals surface area contributed by atoms with E-state index in [0.29, 0.717) is 5.69 Å². The molecule has 3 aromatic rings. The van der Waals surface area contributed by atoms with Crippen LogP contribution in [-0.2, 0) is 0 Å². The molecule has 4 nitrogen and oxygen atoms in total. The van der Waals surface area contributed by atoms with Gasteiger partial charge in [-0.2, -0.15) is 0 Å². The highest BCUT2D eigenvalue weighted by Crippen LogP contribution is 2.18. The summed E-state index contributed by atoms with van der Waals surface area (Å²) in [6.07, 6.45) is 3.43. The maximum Gasteiger partial charge on any atom is 0.255 e. The molecule has 0 aliphatic carbocycles. The van der Waals surface area contributed by atoms with Crippen LogP contribution in [0.1, 0.15) is 0 Å². The lowest BCUT2D eigenvalue weighted by Crippen LogP contribution is -2.16. The van der Waals surface area contributed by atoms with Gasteiger partial charge in [-0.1, -0.05) is 12.1 Å². The molecule has 20 heavy (non-hydrogen) atoms. The summed E-state index contributed by atoms with van der Waals surface area (Å²) in [5.41, 5.74) is 2.10. The minimum Gasteiger partial charge on any atom is -0.508 e. The molecule has 1 aromatic carbocycles. The van der Waals surface area contributed by atoms with Crippen molar-refractivity contribution in [3.8, 4) is 22.7 Å². The van der Waals surface area contributed by atoms with Crippen molar-refractivity contribution in [1.82, 2.24) is 9.55 Å². The Bertz CT molecular complexity index is 795. The quantitative estimate of drug-likeness (QED) is 0.774. The Kier molecular flexibility index (Phi) is 3.05. The van der Waals surface area contributed by atoms with Crippen LogP contribution in [-0.4, -0.2) is 14.7 Å². The van der Waals surface area contributed by atoms with Gasteiger partial charge in [-0.3, -0.25) is 14.3 Å². The molecule has 3 rings (SSSR count). The Hall–Kier alpha value is -2.88. The van der Waals surface area contributed by atoms with E-state index in [9.17, 15) is 9.90 Å². The Morgan fingerprint density at radius 2 is 1.90 bits per heavy atom. The second-order valence-corrected chi connectivity index (χ2v) is 4.36. The number of nitrogens with zero attached hydrogens (tertiary/aromatic N) is 2. The van der Waals surface area contributed by atoms with Gasteiger partial charge < -0.3 is 5.11 Å². The predicted octanol–water partition coefficient (Wildman–Crippen LogP) is 2.61. The summed E-state index contributed by atoms with van der Waals surface area (Å²) in [7, 11) is 0. The zero-order chi connectivity index (χ0) is 13.9. The van der Waals surface area contributed by atoms with E-state index in [1.54, 1.807) is 42.7 Å². The highest BCUT2D eigenvalue weighted by atomic mass is 16.3. The van der Waals surface area contributed by atoms with Crippen LogP contribution < -0.4 is 5.56 Å². The normalized spacial score (nSPS) is 10.4. The molecule has 0 atom stereocenters. The van der Waals surface area contributed by atoms with Gasteiger partial charge in [0.25, 0.3) is 5.56 Å². The van der Waals surface area contributed by atoms with Gasteiger partial charge >= 0.3 is 0 Å². The molecular formula is C16H12N2O2. The second kappa shape index (κ2) is 5.01. The van der Waals surface area contributed by atoms with Crippen LogP contribution in [0, 0.1) is 0 Å². The molecule has 1 N–H and O–H groups in total. The van der Waals surface area contributed by atoms with Gasteiger partial charge in [0.1, 0.15) is 5.75 Å². The lowest BCUT2D eigenvalue weighted by molar-refractivity contribution is 0.475. The number of benzene rings is 1. The van der Waals surface area contributed by atoms with E-state index in [0.717, 1.165) is 11.3 Å². The summed E-state index contributed by atoms with van der Waals surface area (Å²) in [5.74, 6) is 0.123. The van der Waals surface area contributed by atoms with Crippen molar-refractivity contribution in [2.45, 2.75) is 0 Å². The topological polar surface area (TPSA) is 55.1 Å². The number of hydrogen-bond acceptors (Lipinski definition) is 3. The lowest BCUT2D eigenvalue weighted by atomic mass is 10.2. The number of phenols is 1. The highest BCUT2D eigenvalue weighted by Gasteiger charge is 2.04. The molecular weight excluding hydrogens is 252 g/mol. The molecule has 4 heteroatoms. The molecule has 0 bridgehead atoms. The monoisotopic (exact) mass is 264 g/mol. The number of hydrogen-bond donors (Lipinski definition) is 1. The molecule has 2 heterocycles. The molecule has 0 aliphatic rings. The highest BCUT2D eigenvalue weighted by molar-refractivity contribution is 5.58. The van der Waals surface area contributed by atoms with Crippen molar-refractivity contribution >= 4 is 0 Å².